The molecule has 0 aromatic carbocycles. The van der Waals surface area contributed by atoms with Gasteiger partial charge in [-0.2, -0.15) is 0 Å². The third-order valence-corrected chi connectivity index (χ3v) is 5.76. The number of rotatable bonds is 7. The zero-order valence-electron chi connectivity index (χ0n) is 18.9. The SMILES string of the molecule is CC(=O)OC[C@H]1OC(OC(=O)C2CC3C=CC2C3)[C@H](OC(C)=O)[C@@H](OC(C)=O)[C@@H]1OC(C)=O. The van der Waals surface area contributed by atoms with Crippen molar-refractivity contribution in [3.63, 3.8) is 0 Å². The molecule has 1 aliphatic heterocycles. The highest BCUT2D eigenvalue weighted by Crippen LogP contribution is 2.44. The van der Waals surface area contributed by atoms with Gasteiger partial charge in [0.05, 0.1) is 5.92 Å². The Bertz CT molecular complexity index is 834. The van der Waals surface area contributed by atoms with Crippen molar-refractivity contribution in [1.82, 2.24) is 0 Å². The van der Waals surface area contributed by atoms with Crippen molar-refractivity contribution in [2.75, 3.05) is 6.61 Å². The van der Waals surface area contributed by atoms with Gasteiger partial charge in [0.2, 0.25) is 12.4 Å². The molecule has 1 saturated carbocycles. The largest absolute Gasteiger partial charge is 0.463 e. The van der Waals surface area contributed by atoms with Crippen molar-refractivity contribution < 1.29 is 52.4 Å². The topological polar surface area (TPSA) is 141 Å². The first-order valence-corrected chi connectivity index (χ1v) is 10.7. The molecule has 0 spiro atoms. The van der Waals surface area contributed by atoms with Crippen molar-refractivity contribution in [2.45, 2.75) is 71.2 Å². The smallest absolute Gasteiger partial charge is 0.312 e. The van der Waals surface area contributed by atoms with Gasteiger partial charge in [-0.1, -0.05) is 12.2 Å². The zero-order valence-corrected chi connectivity index (χ0v) is 18.9. The van der Waals surface area contributed by atoms with Gasteiger partial charge in [0, 0.05) is 27.7 Å². The first-order valence-electron chi connectivity index (χ1n) is 10.7. The van der Waals surface area contributed by atoms with Crippen LogP contribution in [0.4, 0.5) is 0 Å². The molecule has 4 unspecified atom stereocenters. The fraction of sp³-hybridized carbons (Fsp3) is 0.682. The minimum absolute atomic E-state index is 0.0492. The van der Waals surface area contributed by atoms with E-state index < -0.39 is 60.6 Å². The maximum Gasteiger partial charge on any atom is 0.312 e. The standard InChI is InChI=1S/C22H28O11/c1-10(23)28-9-17-18(29-11(2)24)19(30-12(3)25)20(31-13(4)26)22(32-17)33-21(27)16-8-14-5-6-15(16)7-14/h5-6,14-20,22H,7-9H2,1-4H3/t14?,15?,16?,17-,18-,19+,20-,22?/m1/s1. The molecule has 8 atom stereocenters. The number of carbonyl (C=O) groups excluding carboxylic acids is 5. The van der Waals surface area contributed by atoms with Crippen LogP contribution in [-0.4, -0.2) is 67.2 Å². The third kappa shape index (κ3) is 6.10. The summed E-state index contributed by atoms with van der Waals surface area (Å²) in [4.78, 5) is 59.7. The Morgan fingerprint density at radius 2 is 1.36 bits per heavy atom. The highest BCUT2D eigenvalue weighted by atomic mass is 16.7. The van der Waals surface area contributed by atoms with Crippen molar-refractivity contribution in [3.05, 3.63) is 12.2 Å². The lowest BCUT2D eigenvalue weighted by Crippen LogP contribution is -2.63. The molecule has 2 aliphatic carbocycles. The number of esters is 5. The average Bonchev–Trinajstić information content (AvgIpc) is 3.33. The predicted octanol–water partition coefficient (Wildman–Crippen LogP) is 0.825. The number of hydrogen-bond donors (Lipinski definition) is 0. The zero-order chi connectivity index (χ0) is 24.3. The lowest BCUT2D eigenvalue weighted by Gasteiger charge is -2.43. The molecule has 3 rings (SSSR count). The second-order valence-corrected chi connectivity index (χ2v) is 8.39. The maximum absolute atomic E-state index is 12.9. The molecule has 0 radical (unpaired) electrons. The van der Waals surface area contributed by atoms with E-state index >= 15 is 0 Å². The van der Waals surface area contributed by atoms with Crippen LogP contribution in [0.15, 0.2) is 12.2 Å². The fourth-order valence-electron chi connectivity index (χ4n) is 4.54. The van der Waals surface area contributed by atoms with Crippen molar-refractivity contribution >= 4 is 29.8 Å². The van der Waals surface area contributed by atoms with Gasteiger partial charge in [-0.25, -0.2) is 0 Å². The fourth-order valence-corrected chi connectivity index (χ4v) is 4.54. The lowest BCUT2D eigenvalue weighted by molar-refractivity contribution is -0.301. The molecule has 0 N–H and O–H groups in total. The minimum atomic E-state index is -1.48. The summed E-state index contributed by atoms with van der Waals surface area (Å²) >= 11 is 0. The highest BCUT2D eigenvalue weighted by molar-refractivity contribution is 5.74. The molecule has 1 heterocycles. The Hall–Kier alpha value is -2.95. The number of ether oxygens (including phenoxy) is 6. The van der Waals surface area contributed by atoms with E-state index in [1.807, 2.05) is 6.08 Å². The summed E-state index contributed by atoms with van der Waals surface area (Å²) in [6.07, 6.45) is -1.19. The maximum atomic E-state index is 12.9. The molecule has 33 heavy (non-hydrogen) atoms. The summed E-state index contributed by atoms with van der Waals surface area (Å²) in [7, 11) is 0. The summed E-state index contributed by atoms with van der Waals surface area (Å²) in [5.41, 5.74) is 0. The lowest BCUT2D eigenvalue weighted by atomic mass is 9.93. The van der Waals surface area contributed by atoms with Gasteiger partial charge >= 0.3 is 29.8 Å². The summed E-state index contributed by atoms with van der Waals surface area (Å²) in [6.45, 7) is 4.16. The van der Waals surface area contributed by atoms with Crippen LogP contribution in [0.2, 0.25) is 0 Å². The Morgan fingerprint density at radius 3 is 1.88 bits per heavy atom. The summed E-state index contributed by atoms with van der Waals surface area (Å²) in [5, 5.41) is 0. The Balaban J connectivity index is 1.88. The average molecular weight is 468 g/mol. The predicted molar refractivity (Wildman–Crippen MR) is 107 cm³/mol. The van der Waals surface area contributed by atoms with Gasteiger partial charge in [0.25, 0.3) is 0 Å². The number of hydrogen-bond acceptors (Lipinski definition) is 11. The normalized spacial score (nSPS) is 34.3. The van der Waals surface area contributed by atoms with Crippen LogP contribution in [-0.2, 0) is 52.4 Å². The van der Waals surface area contributed by atoms with Crippen LogP contribution in [0.5, 0.6) is 0 Å². The molecule has 3 aliphatic rings. The summed E-state index contributed by atoms with van der Waals surface area (Å²) in [5.74, 6) is -3.46. The number of fused-ring (bicyclic) bond motifs is 2. The van der Waals surface area contributed by atoms with E-state index in [2.05, 4.69) is 6.08 Å². The van der Waals surface area contributed by atoms with Crippen LogP contribution in [0.3, 0.4) is 0 Å². The van der Waals surface area contributed by atoms with Crippen LogP contribution < -0.4 is 0 Å². The second kappa shape index (κ2) is 10.3. The summed E-state index contributed by atoms with van der Waals surface area (Å²) in [6, 6.07) is 0. The summed E-state index contributed by atoms with van der Waals surface area (Å²) < 4.78 is 32.3. The van der Waals surface area contributed by atoms with E-state index in [0.717, 1.165) is 27.2 Å². The molecular formula is C22H28O11. The molecule has 11 heteroatoms. The van der Waals surface area contributed by atoms with E-state index in [9.17, 15) is 24.0 Å². The van der Waals surface area contributed by atoms with Crippen LogP contribution >= 0.6 is 0 Å². The molecule has 0 aromatic heterocycles. The van der Waals surface area contributed by atoms with Crippen LogP contribution in [0.1, 0.15) is 40.5 Å². The van der Waals surface area contributed by atoms with Crippen molar-refractivity contribution in [2.24, 2.45) is 17.8 Å². The molecule has 11 nitrogen and oxygen atoms in total. The van der Waals surface area contributed by atoms with Crippen molar-refractivity contribution in [1.29, 1.82) is 0 Å². The van der Waals surface area contributed by atoms with E-state index in [1.165, 1.54) is 6.92 Å². The van der Waals surface area contributed by atoms with Gasteiger partial charge in [0.15, 0.2) is 12.2 Å². The number of carbonyl (C=O) groups is 5. The van der Waals surface area contributed by atoms with Gasteiger partial charge in [0.1, 0.15) is 12.7 Å². The van der Waals surface area contributed by atoms with Crippen LogP contribution in [0.25, 0.3) is 0 Å². The highest BCUT2D eigenvalue weighted by Gasteiger charge is 2.54. The molecule has 182 valence electrons. The molecule has 0 aromatic rings. The molecular weight excluding hydrogens is 440 g/mol. The second-order valence-electron chi connectivity index (χ2n) is 8.39. The van der Waals surface area contributed by atoms with E-state index in [1.54, 1.807) is 0 Å². The Kier molecular flexibility index (Phi) is 7.72. The molecule has 2 bridgehead atoms. The van der Waals surface area contributed by atoms with Crippen molar-refractivity contribution in [3.8, 4) is 0 Å². The molecule has 0 amide bonds. The Labute approximate surface area is 190 Å². The monoisotopic (exact) mass is 468 g/mol. The molecule has 2 fully saturated rings. The first kappa shape index (κ1) is 24.7. The van der Waals surface area contributed by atoms with Crippen LogP contribution in [0, 0.1) is 17.8 Å². The quantitative estimate of drug-likeness (QED) is 0.298. The minimum Gasteiger partial charge on any atom is -0.463 e. The Morgan fingerprint density at radius 1 is 0.758 bits per heavy atom. The number of allylic oxidation sites excluding steroid dienone is 2. The van der Waals surface area contributed by atoms with E-state index in [0.29, 0.717) is 12.3 Å². The first-order chi connectivity index (χ1) is 15.5. The van der Waals surface area contributed by atoms with Gasteiger partial charge in [-0.15, -0.1) is 0 Å². The molecule has 1 saturated heterocycles. The van der Waals surface area contributed by atoms with Gasteiger partial charge in [-0.05, 0) is 24.7 Å². The van der Waals surface area contributed by atoms with E-state index in [-0.39, 0.29) is 18.4 Å². The van der Waals surface area contributed by atoms with Gasteiger partial charge in [-0.3, -0.25) is 24.0 Å². The van der Waals surface area contributed by atoms with Gasteiger partial charge < -0.3 is 28.4 Å². The third-order valence-electron chi connectivity index (χ3n) is 5.76. The van der Waals surface area contributed by atoms with E-state index in [4.69, 9.17) is 28.4 Å².